The molecule has 0 aliphatic carbocycles. The zero-order valence-corrected chi connectivity index (χ0v) is 17.4. The van der Waals surface area contributed by atoms with Crippen LogP contribution < -0.4 is 5.73 Å². The number of hydrogen-bond acceptors (Lipinski definition) is 6. The fourth-order valence-corrected chi connectivity index (χ4v) is 4.12. The second kappa shape index (κ2) is 8.42. The fourth-order valence-electron chi connectivity index (χ4n) is 3.19. The molecule has 0 unspecified atom stereocenters. The predicted octanol–water partition coefficient (Wildman–Crippen LogP) is 2.37. The molecule has 0 atom stereocenters. The van der Waals surface area contributed by atoms with Crippen LogP contribution >= 0.6 is 0 Å². The van der Waals surface area contributed by atoms with Gasteiger partial charge in [-0.3, -0.25) is 0 Å². The number of nitrogens with zero attached hydrogens (tertiary/aromatic N) is 4. The van der Waals surface area contributed by atoms with Crippen LogP contribution in [0.3, 0.4) is 0 Å². The molecule has 0 bridgehead atoms. The van der Waals surface area contributed by atoms with Gasteiger partial charge in [0.1, 0.15) is 17.9 Å². The lowest BCUT2D eigenvalue weighted by atomic mass is 10.2. The van der Waals surface area contributed by atoms with Crippen molar-refractivity contribution in [2.45, 2.75) is 32.9 Å². The molecule has 2 heterocycles. The van der Waals surface area contributed by atoms with E-state index in [0.717, 1.165) is 22.2 Å². The van der Waals surface area contributed by atoms with E-state index in [0.29, 0.717) is 43.9 Å². The maximum Gasteiger partial charge on any atom is 0.213 e. The Bertz CT molecular complexity index is 1080. The maximum absolute atomic E-state index is 12.0. The van der Waals surface area contributed by atoms with Crippen molar-refractivity contribution in [3.63, 3.8) is 0 Å². The third kappa shape index (κ3) is 4.11. The number of sulfonamides is 1. The second-order valence-corrected chi connectivity index (χ2v) is 9.14. The van der Waals surface area contributed by atoms with E-state index in [9.17, 15) is 8.42 Å². The summed E-state index contributed by atoms with van der Waals surface area (Å²) in [5.74, 6) is 1.29. The van der Waals surface area contributed by atoms with E-state index < -0.39 is 10.0 Å². The highest BCUT2D eigenvalue weighted by atomic mass is 32.2. The summed E-state index contributed by atoms with van der Waals surface area (Å²) in [6.07, 6.45) is 1.26. The van der Waals surface area contributed by atoms with Gasteiger partial charge in [0.05, 0.1) is 16.8 Å². The van der Waals surface area contributed by atoms with Crippen LogP contribution in [0.2, 0.25) is 0 Å². The maximum atomic E-state index is 12.0. The first-order chi connectivity index (χ1) is 13.3. The van der Waals surface area contributed by atoms with Crippen LogP contribution in [0.4, 0.5) is 5.82 Å². The molecule has 28 heavy (non-hydrogen) atoms. The van der Waals surface area contributed by atoms with Crippen molar-refractivity contribution in [1.82, 2.24) is 18.8 Å². The van der Waals surface area contributed by atoms with E-state index in [1.165, 1.54) is 4.31 Å². The summed E-state index contributed by atoms with van der Waals surface area (Å²) >= 11 is 0. The summed E-state index contributed by atoms with van der Waals surface area (Å²) in [6, 6.07) is 7.81. The Morgan fingerprint density at radius 3 is 2.64 bits per heavy atom. The van der Waals surface area contributed by atoms with Crippen molar-refractivity contribution >= 4 is 37.8 Å². The molecule has 9 heteroatoms. The molecular formula is C19H27N5O3S. The van der Waals surface area contributed by atoms with Gasteiger partial charge < -0.3 is 15.0 Å². The minimum Gasteiger partial charge on any atom is -0.382 e. The van der Waals surface area contributed by atoms with Crippen LogP contribution in [-0.2, 0) is 27.9 Å². The van der Waals surface area contributed by atoms with Crippen LogP contribution in [0.5, 0.6) is 0 Å². The number of aryl methyl sites for hydroxylation is 1. The van der Waals surface area contributed by atoms with Crippen LogP contribution in [-0.4, -0.2) is 53.7 Å². The highest BCUT2D eigenvalue weighted by Crippen LogP contribution is 2.29. The molecule has 2 N–H and O–H groups in total. The molecule has 0 spiro atoms. The van der Waals surface area contributed by atoms with E-state index in [-0.39, 0.29) is 5.75 Å². The van der Waals surface area contributed by atoms with Gasteiger partial charge in [-0.2, -0.15) is 0 Å². The number of aromatic nitrogens is 3. The number of fused-ring (bicyclic) bond motifs is 3. The third-order valence-corrected chi connectivity index (χ3v) is 6.63. The average molecular weight is 406 g/mol. The van der Waals surface area contributed by atoms with Crippen LogP contribution in [0, 0.1) is 0 Å². The van der Waals surface area contributed by atoms with Crippen molar-refractivity contribution in [1.29, 1.82) is 0 Å². The molecule has 152 valence electrons. The number of unbranched alkanes of at least 4 members (excludes halogenated alkanes) is 1. The smallest absolute Gasteiger partial charge is 0.213 e. The first kappa shape index (κ1) is 20.5. The number of para-hydroxylation sites is 1. The predicted molar refractivity (Wildman–Crippen MR) is 111 cm³/mol. The number of imidazole rings is 1. The summed E-state index contributed by atoms with van der Waals surface area (Å²) in [5, 5.41) is 0.975. The molecule has 0 amide bonds. The van der Waals surface area contributed by atoms with E-state index in [4.69, 9.17) is 10.5 Å². The molecule has 0 saturated heterocycles. The van der Waals surface area contributed by atoms with Gasteiger partial charge in [0.2, 0.25) is 10.0 Å². The lowest BCUT2D eigenvalue weighted by Gasteiger charge is -2.13. The normalized spacial score (nSPS) is 12.4. The Balaban J connectivity index is 1.96. The standard InChI is InChI=1S/C19H27N5O3S/c1-4-27-13-16-22-17-18(14-9-5-6-10-15(14)21-19(17)20)24(16)11-7-8-12-28(25,26)23(2)3/h5-6,9-10H,4,7-8,11-13H2,1-3H3,(H2,20,21). The molecule has 0 radical (unpaired) electrons. The van der Waals surface area contributed by atoms with Crippen LogP contribution in [0.1, 0.15) is 25.6 Å². The van der Waals surface area contributed by atoms with Crippen LogP contribution in [0.15, 0.2) is 24.3 Å². The molecule has 0 aliphatic heterocycles. The lowest BCUT2D eigenvalue weighted by Crippen LogP contribution is -2.25. The Kier molecular flexibility index (Phi) is 6.17. The molecule has 3 aromatic rings. The molecule has 1 aromatic carbocycles. The molecule has 0 fully saturated rings. The fraction of sp³-hybridized carbons (Fsp3) is 0.474. The highest BCUT2D eigenvalue weighted by Gasteiger charge is 2.18. The Morgan fingerprint density at radius 2 is 1.93 bits per heavy atom. The molecular weight excluding hydrogens is 378 g/mol. The molecule has 0 saturated carbocycles. The summed E-state index contributed by atoms with van der Waals surface area (Å²) in [5.41, 5.74) is 8.56. The van der Waals surface area contributed by atoms with E-state index >= 15 is 0 Å². The quantitative estimate of drug-likeness (QED) is 0.548. The van der Waals surface area contributed by atoms with Crippen molar-refractivity contribution in [3.05, 3.63) is 30.1 Å². The zero-order chi connectivity index (χ0) is 20.3. The van der Waals surface area contributed by atoms with Gasteiger partial charge in [0.15, 0.2) is 5.82 Å². The summed E-state index contributed by atoms with van der Waals surface area (Å²) in [7, 11) is -0.0810. The largest absolute Gasteiger partial charge is 0.382 e. The van der Waals surface area contributed by atoms with Gasteiger partial charge in [-0.1, -0.05) is 18.2 Å². The molecule has 0 aliphatic rings. The number of anilines is 1. The summed E-state index contributed by atoms with van der Waals surface area (Å²) < 4.78 is 32.9. The first-order valence-corrected chi connectivity index (χ1v) is 11.0. The minimum atomic E-state index is -3.19. The van der Waals surface area contributed by atoms with Crippen molar-refractivity contribution < 1.29 is 13.2 Å². The summed E-state index contributed by atoms with van der Waals surface area (Å²) in [6.45, 7) is 3.52. The van der Waals surface area contributed by atoms with Gasteiger partial charge in [0, 0.05) is 32.6 Å². The average Bonchev–Trinajstić information content (AvgIpc) is 3.03. The van der Waals surface area contributed by atoms with E-state index in [1.807, 2.05) is 31.2 Å². The Hall–Kier alpha value is -2.23. The third-order valence-electron chi connectivity index (χ3n) is 4.71. The van der Waals surface area contributed by atoms with Gasteiger partial charge in [0.25, 0.3) is 0 Å². The van der Waals surface area contributed by atoms with E-state index in [2.05, 4.69) is 14.5 Å². The molecule has 3 rings (SSSR count). The van der Waals surface area contributed by atoms with Crippen molar-refractivity contribution in [2.24, 2.45) is 0 Å². The van der Waals surface area contributed by atoms with Gasteiger partial charge >= 0.3 is 0 Å². The van der Waals surface area contributed by atoms with Gasteiger partial charge in [-0.15, -0.1) is 0 Å². The topological polar surface area (TPSA) is 103 Å². The Labute approximate surface area is 165 Å². The van der Waals surface area contributed by atoms with Gasteiger partial charge in [-0.05, 0) is 25.8 Å². The SMILES string of the molecule is CCOCc1nc2c(N)nc3ccccc3c2n1CCCCS(=O)(=O)N(C)C. The number of ether oxygens (including phenoxy) is 1. The lowest BCUT2D eigenvalue weighted by molar-refractivity contribution is 0.126. The first-order valence-electron chi connectivity index (χ1n) is 9.36. The number of pyridine rings is 1. The number of benzene rings is 1. The number of rotatable bonds is 9. The van der Waals surface area contributed by atoms with E-state index in [1.54, 1.807) is 14.1 Å². The monoisotopic (exact) mass is 405 g/mol. The number of nitrogens with two attached hydrogens (primary N) is 1. The summed E-state index contributed by atoms with van der Waals surface area (Å²) in [4.78, 5) is 9.14. The zero-order valence-electron chi connectivity index (χ0n) is 16.6. The second-order valence-electron chi connectivity index (χ2n) is 6.83. The molecule has 2 aromatic heterocycles. The highest BCUT2D eigenvalue weighted by molar-refractivity contribution is 7.89. The number of hydrogen-bond donors (Lipinski definition) is 1. The number of nitrogen functional groups attached to an aromatic ring is 1. The Morgan fingerprint density at radius 1 is 1.18 bits per heavy atom. The van der Waals surface area contributed by atoms with Gasteiger partial charge in [-0.25, -0.2) is 22.7 Å². The van der Waals surface area contributed by atoms with Crippen molar-refractivity contribution in [2.75, 3.05) is 32.2 Å². The van der Waals surface area contributed by atoms with Crippen LogP contribution in [0.25, 0.3) is 21.9 Å². The molecule has 8 nitrogen and oxygen atoms in total. The van der Waals surface area contributed by atoms with Crippen molar-refractivity contribution in [3.8, 4) is 0 Å². The minimum absolute atomic E-state index is 0.123.